The van der Waals surface area contributed by atoms with Gasteiger partial charge in [0.05, 0.1) is 11.3 Å². The van der Waals surface area contributed by atoms with Crippen LogP contribution >= 0.6 is 11.3 Å². The lowest BCUT2D eigenvalue weighted by molar-refractivity contribution is -0.00219. The van der Waals surface area contributed by atoms with Crippen molar-refractivity contribution in [3.8, 4) is 10.8 Å². The van der Waals surface area contributed by atoms with Crippen LogP contribution in [-0.2, 0) is 4.74 Å². The maximum absolute atomic E-state index is 12.2. The minimum Gasteiger partial charge on any atom is -0.458 e. The Bertz CT molecular complexity index is 650. The van der Waals surface area contributed by atoms with E-state index in [1.54, 1.807) is 46.2 Å². The van der Waals surface area contributed by atoms with E-state index in [9.17, 15) is 9.90 Å². The number of ether oxygens (including phenoxy) is 1. The highest BCUT2D eigenvalue weighted by Gasteiger charge is 2.24. The van der Waals surface area contributed by atoms with Crippen molar-refractivity contribution in [3.05, 3.63) is 29.0 Å². The van der Waals surface area contributed by atoms with E-state index in [4.69, 9.17) is 4.74 Å². The first kappa shape index (κ1) is 16.5. The molecule has 1 atom stereocenters. The Kier molecular flexibility index (Phi) is 4.87. The van der Waals surface area contributed by atoms with E-state index in [0.717, 1.165) is 0 Å². The van der Waals surface area contributed by atoms with Gasteiger partial charge in [0, 0.05) is 18.8 Å². The van der Waals surface area contributed by atoms with Crippen molar-refractivity contribution in [1.82, 2.24) is 15.0 Å². The van der Waals surface area contributed by atoms with Crippen LogP contribution in [0.1, 0.15) is 42.6 Å². The number of rotatable bonds is 5. The first-order chi connectivity index (χ1) is 10.3. The molecule has 0 spiro atoms. The zero-order valence-corrected chi connectivity index (χ0v) is 13.8. The standard InChI is InChI=1S/C15H19N3O3S/c1-9(8-15(3,4)20)21-14(19)11-10(2)18-13(22-11)12-16-6-5-7-17-12/h5-7,9,20H,8H2,1-4H3/t9-/m1/s1. The summed E-state index contributed by atoms with van der Waals surface area (Å²) in [5.74, 6) is 0.0492. The van der Waals surface area contributed by atoms with E-state index in [1.165, 1.54) is 11.3 Å². The first-order valence-electron chi connectivity index (χ1n) is 6.94. The highest BCUT2D eigenvalue weighted by Crippen LogP contribution is 2.26. The fourth-order valence-corrected chi connectivity index (χ4v) is 2.97. The molecular weight excluding hydrogens is 302 g/mol. The zero-order chi connectivity index (χ0) is 16.3. The van der Waals surface area contributed by atoms with Gasteiger partial charge in [-0.1, -0.05) is 0 Å². The van der Waals surface area contributed by atoms with Gasteiger partial charge in [0.1, 0.15) is 11.0 Å². The number of aromatic nitrogens is 3. The lowest BCUT2D eigenvalue weighted by Crippen LogP contribution is -2.27. The van der Waals surface area contributed by atoms with Crippen LogP contribution in [0.25, 0.3) is 10.8 Å². The molecule has 0 saturated carbocycles. The maximum Gasteiger partial charge on any atom is 0.350 e. The molecule has 2 aromatic rings. The second-order valence-electron chi connectivity index (χ2n) is 5.74. The fourth-order valence-electron chi connectivity index (χ4n) is 2.07. The summed E-state index contributed by atoms with van der Waals surface area (Å²) in [5, 5.41) is 10.3. The van der Waals surface area contributed by atoms with E-state index in [0.29, 0.717) is 27.8 Å². The van der Waals surface area contributed by atoms with Crippen LogP contribution in [0, 0.1) is 6.92 Å². The molecule has 0 radical (unpaired) electrons. The molecule has 0 unspecified atom stereocenters. The van der Waals surface area contributed by atoms with Crippen LogP contribution < -0.4 is 0 Å². The van der Waals surface area contributed by atoms with Crippen molar-refractivity contribution < 1.29 is 14.6 Å². The molecule has 1 N–H and O–H groups in total. The molecule has 2 aromatic heterocycles. The molecule has 0 aliphatic carbocycles. The molecule has 0 aliphatic heterocycles. The minimum absolute atomic E-state index is 0.366. The lowest BCUT2D eigenvalue weighted by Gasteiger charge is -2.21. The summed E-state index contributed by atoms with van der Waals surface area (Å²) in [5.41, 5.74) is -0.293. The molecule has 0 amide bonds. The fraction of sp³-hybridized carbons (Fsp3) is 0.467. The minimum atomic E-state index is -0.883. The smallest absolute Gasteiger partial charge is 0.350 e. The topological polar surface area (TPSA) is 85.2 Å². The molecule has 2 rings (SSSR count). The summed E-state index contributed by atoms with van der Waals surface area (Å²) in [4.78, 5) is 25.2. The zero-order valence-electron chi connectivity index (χ0n) is 13.0. The number of hydrogen-bond donors (Lipinski definition) is 1. The van der Waals surface area contributed by atoms with Crippen LogP contribution in [0.4, 0.5) is 0 Å². The number of aryl methyl sites for hydroxylation is 1. The summed E-state index contributed by atoms with van der Waals surface area (Å²) < 4.78 is 5.37. The Balaban J connectivity index is 2.13. The average molecular weight is 321 g/mol. The van der Waals surface area contributed by atoms with Gasteiger partial charge in [-0.05, 0) is 33.8 Å². The lowest BCUT2D eigenvalue weighted by atomic mass is 10.0. The monoisotopic (exact) mass is 321 g/mol. The summed E-state index contributed by atoms with van der Waals surface area (Å²) in [6, 6.07) is 1.72. The Labute approximate surface area is 133 Å². The molecule has 0 bridgehead atoms. The summed E-state index contributed by atoms with van der Waals surface area (Å²) >= 11 is 1.21. The van der Waals surface area contributed by atoms with Crippen LogP contribution in [-0.4, -0.2) is 37.7 Å². The molecule has 22 heavy (non-hydrogen) atoms. The van der Waals surface area contributed by atoms with Gasteiger partial charge in [-0.3, -0.25) is 0 Å². The van der Waals surface area contributed by atoms with Crippen molar-refractivity contribution >= 4 is 17.3 Å². The largest absolute Gasteiger partial charge is 0.458 e. The van der Waals surface area contributed by atoms with Gasteiger partial charge in [-0.2, -0.15) is 0 Å². The van der Waals surface area contributed by atoms with Crippen molar-refractivity contribution in [1.29, 1.82) is 0 Å². The third-order valence-electron chi connectivity index (χ3n) is 2.83. The highest BCUT2D eigenvalue weighted by molar-refractivity contribution is 7.16. The summed E-state index contributed by atoms with van der Waals surface area (Å²) in [7, 11) is 0. The number of thiazole rings is 1. The predicted molar refractivity (Wildman–Crippen MR) is 83.7 cm³/mol. The van der Waals surface area contributed by atoms with Crippen LogP contribution in [0.15, 0.2) is 18.5 Å². The Morgan fingerprint density at radius 1 is 1.41 bits per heavy atom. The second-order valence-corrected chi connectivity index (χ2v) is 6.74. The maximum atomic E-state index is 12.2. The average Bonchev–Trinajstić information content (AvgIpc) is 2.79. The molecule has 118 valence electrons. The third kappa shape index (κ3) is 4.32. The molecule has 7 heteroatoms. The molecule has 0 aliphatic rings. The Morgan fingerprint density at radius 3 is 2.64 bits per heavy atom. The van der Waals surface area contributed by atoms with Crippen molar-refractivity contribution in [2.45, 2.75) is 45.8 Å². The van der Waals surface area contributed by atoms with Crippen molar-refractivity contribution in [2.75, 3.05) is 0 Å². The van der Waals surface area contributed by atoms with E-state index < -0.39 is 11.6 Å². The first-order valence-corrected chi connectivity index (χ1v) is 7.76. The second kappa shape index (κ2) is 6.50. The molecule has 2 heterocycles. The van der Waals surface area contributed by atoms with Gasteiger partial charge in [-0.15, -0.1) is 11.3 Å². The molecule has 0 fully saturated rings. The van der Waals surface area contributed by atoms with E-state index in [1.807, 2.05) is 0 Å². The van der Waals surface area contributed by atoms with Gasteiger partial charge in [0.2, 0.25) is 0 Å². The quantitative estimate of drug-likeness (QED) is 0.852. The number of hydrogen-bond acceptors (Lipinski definition) is 7. The van der Waals surface area contributed by atoms with Gasteiger partial charge >= 0.3 is 5.97 Å². The summed E-state index contributed by atoms with van der Waals surface area (Å²) in [6.07, 6.45) is 3.24. The Hall–Kier alpha value is -1.86. The van der Waals surface area contributed by atoms with Gasteiger partial charge in [-0.25, -0.2) is 19.7 Å². The molecule has 6 nitrogen and oxygen atoms in total. The van der Waals surface area contributed by atoms with Crippen molar-refractivity contribution in [3.63, 3.8) is 0 Å². The normalized spacial score (nSPS) is 13.0. The van der Waals surface area contributed by atoms with E-state index >= 15 is 0 Å². The van der Waals surface area contributed by atoms with Crippen molar-refractivity contribution in [2.24, 2.45) is 0 Å². The molecule has 0 saturated heterocycles. The summed E-state index contributed by atoms with van der Waals surface area (Å²) in [6.45, 7) is 6.87. The predicted octanol–water partition coefficient (Wildman–Crippen LogP) is 2.61. The number of aliphatic hydroxyl groups is 1. The van der Waals surface area contributed by atoms with E-state index in [-0.39, 0.29) is 6.10 Å². The molecular formula is C15H19N3O3S. The third-order valence-corrected chi connectivity index (χ3v) is 3.97. The number of carbonyl (C=O) groups is 1. The number of carbonyl (C=O) groups excluding carboxylic acids is 1. The van der Waals surface area contributed by atoms with Crippen LogP contribution in [0.5, 0.6) is 0 Å². The SMILES string of the molecule is Cc1nc(-c2ncccn2)sc1C(=O)O[C@H](C)CC(C)(C)O. The number of esters is 1. The van der Waals surface area contributed by atoms with Crippen LogP contribution in [0.3, 0.4) is 0 Å². The molecule has 0 aromatic carbocycles. The highest BCUT2D eigenvalue weighted by atomic mass is 32.1. The number of nitrogens with zero attached hydrogens (tertiary/aromatic N) is 3. The van der Waals surface area contributed by atoms with Gasteiger partial charge in [0.15, 0.2) is 10.8 Å². The van der Waals surface area contributed by atoms with E-state index in [2.05, 4.69) is 15.0 Å². The van der Waals surface area contributed by atoms with Gasteiger partial charge in [0.25, 0.3) is 0 Å². The Morgan fingerprint density at radius 2 is 2.05 bits per heavy atom. The van der Waals surface area contributed by atoms with Crippen LogP contribution in [0.2, 0.25) is 0 Å². The van der Waals surface area contributed by atoms with Gasteiger partial charge < -0.3 is 9.84 Å².